The molecular weight excluding hydrogens is 272 g/mol. The van der Waals surface area contributed by atoms with Gasteiger partial charge in [-0.2, -0.15) is 0 Å². The molecule has 110 valence electrons. The molecule has 2 aliphatic rings. The Bertz CT molecular complexity index is 608. The van der Waals surface area contributed by atoms with E-state index in [9.17, 15) is 8.42 Å². The van der Waals surface area contributed by atoms with Crippen LogP contribution in [0.2, 0.25) is 0 Å². The zero-order valence-electron chi connectivity index (χ0n) is 12.1. The first-order chi connectivity index (χ1) is 9.54. The first-order valence-corrected chi connectivity index (χ1v) is 9.16. The molecule has 3 nitrogen and oxygen atoms in total. The average molecular weight is 294 g/mol. The summed E-state index contributed by atoms with van der Waals surface area (Å²) in [4.78, 5) is 0.485. The van der Waals surface area contributed by atoms with Crippen molar-refractivity contribution in [1.29, 1.82) is 0 Å². The highest BCUT2D eigenvalue weighted by Gasteiger charge is 2.58. The highest BCUT2D eigenvalue weighted by molar-refractivity contribution is 7.91. The molecule has 2 heterocycles. The lowest BCUT2D eigenvalue weighted by Crippen LogP contribution is -2.34. The van der Waals surface area contributed by atoms with Crippen LogP contribution in [0.25, 0.3) is 0 Å². The van der Waals surface area contributed by atoms with Crippen LogP contribution in [0.4, 0.5) is 0 Å². The maximum absolute atomic E-state index is 12.7. The highest BCUT2D eigenvalue weighted by Crippen LogP contribution is 2.57. The maximum atomic E-state index is 12.7. The van der Waals surface area contributed by atoms with E-state index in [0.717, 1.165) is 31.2 Å². The Morgan fingerprint density at radius 2 is 2.05 bits per heavy atom. The average Bonchev–Trinajstić information content (AvgIpc) is 3.24. The number of epoxide rings is 1. The lowest BCUT2D eigenvalue weighted by atomic mass is 9.77. The number of unbranched alkanes of at least 4 members (excludes halogenated alkanes) is 1. The molecule has 4 heteroatoms. The van der Waals surface area contributed by atoms with Crippen LogP contribution in [0.15, 0.2) is 29.2 Å². The normalized spacial score (nSPS) is 33.9. The van der Waals surface area contributed by atoms with E-state index in [4.69, 9.17) is 4.74 Å². The van der Waals surface area contributed by atoms with Gasteiger partial charge in [0.25, 0.3) is 0 Å². The third kappa shape index (κ3) is 2.09. The van der Waals surface area contributed by atoms with Crippen LogP contribution in [-0.4, -0.2) is 20.3 Å². The minimum Gasteiger partial charge on any atom is -0.364 e. The molecule has 0 bridgehead atoms. The summed E-state index contributed by atoms with van der Waals surface area (Å²) >= 11 is 0. The van der Waals surface area contributed by atoms with Gasteiger partial charge in [0.15, 0.2) is 9.84 Å². The summed E-state index contributed by atoms with van der Waals surface area (Å²) in [5, 5.41) is 0. The van der Waals surface area contributed by atoms with Crippen LogP contribution in [0.1, 0.15) is 51.2 Å². The molecule has 0 radical (unpaired) electrons. The first kappa shape index (κ1) is 14.1. The van der Waals surface area contributed by atoms with Gasteiger partial charge in [-0.3, -0.25) is 0 Å². The summed E-state index contributed by atoms with van der Waals surface area (Å²) in [6.07, 6.45) is 4.02. The Kier molecular flexibility index (Phi) is 3.41. The summed E-state index contributed by atoms with van der Waals surface area (Å²) in [6.45, 7) is 4.24. The molecule has 1 aromatic carbocycles. The molecule has 0 aromatic heterocycles. The number of sulfone groups is 1. The predicted molar refractivity (Wildman–Crippen MR) is 78.4 cm³/mol. The fraction of sp³-hybridized carbons (Fsp3) is 0.625. The van der Waals surface area contributed by atoms with Crippen LogP contribution in [-0.2, 0) is 14.6 Å². The van der Waals surface area contributed by atoms with E-state index in [2.05, 4.69) is 13.8 Å². The van der Waals surface area contributed by atoms with Gasteiger partial charge in [0.2, 0.25) is 0 Å². The molecule has 0 amide bonds. The van der Waals surface area contributed by atoms with Gasteiger partial charge in [0.05, 0.1) is 16.8 Å². The molecule has 0 N–H and O–H groups in total. The van der Waals surface area contributed by atoms with Gasteiger partial charge >= 0.3 is 0 Å². The molecule has 3 atom stereocenters. The number of rotatable bonds is 4. The van der Waals surface area contributed by atoms with Crippen molar-refractivity contribution in [3.05, 3.63) is 29.8 Å². The van der Waals surface area contributed by atoms with E-state index >= 15 is 0 Å². The number of hydrogen-bond donors (Lipinski definition) is 0. The summed E-state index contributed by atoms with van der Waals surface area (Å²) < 4.78 is 31.4. The van der Waals surface area contributed by atoms with E-state index in [1.807, 2.05) is 12.1 Å². The SMILES string of the molecule is CCCC[C@]1(CC)CS(=O)(=O)c2ccccc2[C@@H]2O[C@@H]21. The van der Waals surface area contributed by atoms with Crippen molar-refractivity contribution in [3.63, 3.8) is 0 Å². The lowest BCUT2D eigenvalue weighted by Gasteiger charge is -2.30. The van der Waals surface area contributed by atoms with E-state index in [1.165, 1.54) is 0 Å². The molecule has 3 rings (SSSR count). The second-order valence-corrected chi connectivity index (χ2v) is 8.05. The predicted octanol–water partition coefficient (Wildman–Crippen LogP) is 3.50. The molecule has 1 aromatic rings. The van der Waals surface area contributed by atoms with Crippen molar-refractivity contribution >= 4 is 9.84 Å². The van der Waals surface area contributed by atoms with Crippen molar-refractivity contribution in [2.75, 3.05) is 5.75 Å². The van der Waals surface area contributed by atoms with Crippen LogP contribution in [0.3, 0.4) is 0 Å². The van der Waals surface area contributed by atoms with Crippen molar-refractivity contribution in [2.24, 2.45) is 5.41 Å². The van der Waals surface area contributed by atoms with Gasteiger partial charge in [-0.05, 0) is 18.9 Å². The van der Waals surface area contributed by atoms with Gasteiger partial charge in [-0.15, -0.1) is 0 Å². The molecular formula is C16H22O3S. The Morgan fingerprint density at radius 1 is 1.30 bits per heavy atom. The quantitative estimate of drug-likeness (QED) is 0.798. The highest BCUT2D eigenvalue weighted by atomic mass is 32.2. The van der Waals surface area contributed by atoms with Gasteiger partial charge in [-0.25, -0.2) is 8.42 Å². The number of ether oxygens (including phenoxy) is 1. The second kappa shape index (κ2) is 4.85. The number of hydrogen-bond acceptors (Lipinski definition) is 3. The maximum Gasteiger partial charge on any atom is 0.179 e. The summed E-state index contributed by atoms with van der Waals surface area (Å²) in [5.74, 6) is 0.231. The Hall–Kier alpha value is -0.870. The Labute approximate surface area is 121 Å². The zero-order valence-corrected chi connectivity index (χ0v) is 12.9. The second-order valence-electron chi connectivity index (χ2n) is 6.09. The van der Waals surface area contributed by atoms with Crippen LogP contribution >= 0.6 is 0 Å². The van der Waals surface area contributed by atoms with E-state index in [1.54, 1.807) is 12.1 Å². The van der Waals surface area contributed by atoms with E-state index in [-0.39, 0.29) is 23.4 Å². The van der Waals surface area contributed by atoms with Crippen molar-refractivity contribution in [2.45, 2.75) is 56.6 Å². The van der Waals surface area contributed by atoms with Gasteiger partial charge in [0, 0.05) is 11.0 Å². The topological polar surface area (TPSA) is 46.7 Å². The van der Waals surface area contributed by atoms with Crippen molar-refractivity contribution in [3.8, 4) is 0 Å². The molecule has 2 aliphatic heterocycles. The van der Waals surface area contributed by atoms with Gasteiger partial charge in [-0.1, -0.05) is 44.9 Å². The minimum absolute atomic E-state index is 0.0136. The first-order valence-electron chi connectivity index (χ1n) is 7.51. The number of benzene rings is 1. The Balaban J connectivity index is 2.06. The molecule has 0 spiro atoms. The van der Waals surface area contributed by atoms with Crippen molar-refractivity contribution < 1.29 is 13.2 Å². The molecule has 20 heavy (non-hydrogen) atoms. The van der Waals surface area contributed by atoms with Gasteiger partial charge < -0.3 is 4.74 Å². The largest absolute Gasteiger partial charge is 0.364 e. The zero-order chi connectivity index (χ0) is 14.4. The fourth-order valence-corrected chi connectivity index (χ4v) is 5.83. The standard InChI is InChI=1S/C16H22O3S/c1-3-5-10-16(4-2)11-20(17,18)13-9-7-6-8-12(13)14-15(16)19-14/h6-9,14-15H,3-5,10-11H2,1-2H3/t14-,15-,16+/m0/s1. The van der Waals surface area contributed by atoms with Crippen molar-refractivity contribution in [1.82, 2.24) is 0 Å². The van der Waals surface area contributed by atoms with E-state index < -0.39 is 9.84 Å². The molecule has 1 fully saturated rings. The fourth-order valence-electron chi connectivity index (χ4n) is 3.57. The third-order valence-corrected chi connectivity index (χ3v) is 6.86. The molecule has 0 saturated carbocycles. The smallest absolute Gasteiger partial charge is 0.179 e. The third-order valence-electron chi connectivity index (χ3n) is 4.87. The van der Waals surface area contributed by atoms with Gasteiger partial charge in [0.1, 0.15) is 6.10 Å². The van der Waals surface area contributed by atoms with E-state index in [0.29, 0.717) is 4.90 Å². The lowest BCUT2D eigenvalue weighted by molar-refractivity contribution is 0.192. The summed E-state index contributed by atoms with van der Waals surface area (Å²) in [5.41, 5.74) is 0.655. The summed E-state index contributed by atoms with van der Waals surface area (Å²) in [6, 6.07) is 7.34. The monoisotopic (exact) mass is 294 g/mol. The number of fused-ring (bicyclic) bond motifs is 3. The molecule has 0 aliphatic carbocycles. The minimum atomic E-state index is -3.21. The van der Waals surface area contributed by atoms with Crippen LogP contribution in [0, 0.1) is 5.41 Å². The molecule has 0 unspecified atom stereocenters. The van der Waals surface area contributed by atoms with Crippen LogP contribution in [0.5, 0.6) is 0 Å². The summed E-state index contributed by atoms with van der Waals surface area (Å²) in [7, 11) is -3.21. The Morgan fingerprint density at radius 3 is 2.75 bits per heavy atom. The molecule has 1 saturated heterocycles. The van der Waals surface area contributed by atoms with Crippen LogP contribution < -0.4 is 0 Å².